The molecule has 0 saturated carbocycles. The molecule has 2 aromatic carbocycles. The van der Waals surface area contributed by atoms with Crippen LogP contribution in [0.25, 0.3) is 0 Å². The molecule has 0 aliphatic carbocycles. The molecule has 0 atom stereocenters. The van der Waals surface area contributed by atoms with E-state index in [0.29, 0.717) is 22.1 Å². The molecule has 3 N–H and O–H groups in total. The van der Waals surface area contributed by atoms with Gasteiger partial charge in [-0.2, -0.15) is 0 Å². The van der Waals surface area contributed by atoms with E-state index in [4.69, 9.17) is 27.5 Å². The molecule has 0 unspecified atom stereocenters. The summed E-state index contributed by atoms with van der Waals surface area (Å²) in [5.41, 5.74) is 5.80. The number of halogens is 1. The molecule has 0 aliphatic rings. The predicted octanol–water partition coefficient (Wildman–Crippen LogP) is 2.82. The van der Waals surface area contributed by atoms with Gasteiger partial charge in [-0.3, -0.25) is 5.41 Å². The van der Waals surface area contributed by atoms with Gasteiger partial charge in [-0.05, 0) is 36.4 Å². The van der Waals surface area contributed by atoms with Crippen LogP contribution in [0.2, 0.25) is 5.02 Å². The first-order chi connectivity index (χ1) is 9.77. The number of nitrogen functional groups attached to an aromatic ring is 1. The third-order valence-electron chi connectivity index (χ3n) is 2.72. The summed E-state index contributed by atoms with van der Waals surface area (Å²) in [5.74, 6) is 0.829. The summed E-state index contributed by atoms with van der Waals surface area (Å²) in [6.07, 6.45) is 1.14. The average Bonchev–Trinajstić information content (AvgIpc) is 2.38. The fourth-order valence-electron chi connectivity index (χ4n) is 1.67. The van der Waals surface area contributed by atoms with Crippen molar-refractivity contribution in [1.82, 2.24) is 0 Å². The van der Waals surface area contributed by atoms with Gasteiger partial charge in [0.15, 0.2) is 9.84 Å². The van der Waals surface area contributed by atoms with Crippen molar-refractivity contribution in [3.8, 4) is 11.5 Å². The molecule has 2 rings (SSSR count). The lowest BCUT2D eigenvalue weighted by Gasteiger charge is -2.08. The number of rotatable bonds is 4. The van der Waals surface area contributed by atoms with E-state index in [2.05, 4.69) is 0 Å². The Morgan fingerprint density at radius 1 is 1.14 bits per heavy atom. The molecule has 2 aromatic rings. The zero-order valence-corrected chi connectivity index (χ0v) is 12.7. The molecule has 0 fully saturated rings. The van der Waals surface area contributed by atoms with Crippen LogP contribution in [0.4, 0.5) is 0 Å². The standard InChI is InChI=1S/C14H13ClN2O3S/c1-21(18,19)11-5-2-9(3-6-11)20-10-4-7-12(14(16)17)13(15)8-10/h2-8H,1H3,(H3,16,17). The van der Waals surface area contributed by atoms with Gasteiger partial charge in [-0.15, -0.1) is 0 Å². The van der Waals surface area contributed by atoms with E-state index in [-0.39, 0.29) is 10.7 Å². The third-order valence-corrected chi connectivity index (χ3v) is 4.16. The summed E-state index contributed by atoms with van der Waals surface area (Å²) < 4.78 is 28.3. The molecule has 7 heteroatoms. The van der Waals surface area contributed by atoms with E-state index < -0.39 is 9.84 Å². The van der Waals surface area contributed by atoms with E-state index in [9.17, 15) is 8.42 Å². The zero-order valence-electron chi connectivity index (χ0n) is 11.1. The molecule has 0 aromatic heterocycles. The molecule has 0 amide bonds. The highest BCUT2D eigenvalue weighted by molar-refractivity contribution is 7.90. The third kappa shape index (κ3) is 3.74. The lowest BCUT2D eigenvalue weighted by atomic mass is 10.2. The molecule has 0 saturated heterocycles. The number of benzene rings is 2. The first-order valence-electron chi connectivity index (χ1n) is 5.89. The van der Waals surface area contributed by atoms with Gasteiger partial charge >= 0.3 is 0 Å². The largest absolute Gasteiger partial charge is 0.457 e. The maximum absolute atomic E-state index is 11.4. The van der Waals surface area contributed by atoms with Gasteiger partial charge in [0, 0.05) is 17.9 Å². The van der Waals surface area contributed by atoms with Gasteiger partial charge in [0.2, 0.25) is 0 Å². The van der Waals surface area contributed by atoms with E-state index in [1.54, 1.807) is 30.3 Å². The van der Waals surface area contributed by atoms with Crippen molar-refractivity contribution in [2.24, 2.45) is 5.73 Å². The molecule has 21 heavy (non-hydrogen) atoms. The minimum atomic E-state index is -3.23. The van der Waals surface area contributed by atoms with Crippen molar-refractivity contribution in [3.63, 3.8) is 0 Å². The van der Waals surface area contributed by atoms with Gasteiger partial charge in [0.05, 0.1) is 9.92 Å². The summed E-state index contributed by atoms with van der Waals surface area (Å²) in [6, 6.07) is 10.8. The smallest absolute Gasteiger partial charge is 0.175 e. The first-order valence-corrected chi connectivity index (χ1v) is 8.16. The van der Waals surface area contributed by atoms with E-state index in [1.807, 2.05) is 0 Å². The van der Waals surface area contributed by atoms with E-state index in [1.165, 1.54) is 12.1 Å². The Bertz CT molecular complexity index is 786. The topological polar surface area (TPSA) is 93.2 Å². The highest BCUT2D eigenvalue weighted by Gasteiger charge is 2.08. The lowest BCUT2D eigenvalue weighted by Crippen LogP contribution is -2.11. The van der Waals surface area contributed by atoms with Gasteiger partial charge in [-0.1, -0.05) is 11.6 Å². The predicted molar refractivity (Wildman–Crippen MR) is 82.1 cm³/mol. The van der Waals surface area contributed by atoms with Crippen molar-refractivity contribution in [2.75, 3.05) is 6.26 Å². The number of ether oxygens (including phenoxy) is 1. The maximum Gasteiger partial charge on any atom is 0.175 e. The number of sulfone groups is 1. The number of hydrogen-bond donors (Lipinski definition) is 2. The lowest BCUT2D eigenvalue weighted by molar-refractivity contribution is 0.482. The van der Waals surface area contributed by atoms with Crippen LogP contribution in [0, 0.1) is 5.41 Å². The monoisotopic (exact) mass is 324 g/mol. The molecular formula is C14H13ClN2O3S. The SMILES string of the molecule is CS(=O)(=O)c1ccc(Oc2ccc(C(=N)N)c(Cl)c2)cc1. The van der Waals surface area contributed by atoms with E-state index >= 15 is 0 Å². The second-order valence-corrected chi connectivity index (χ2v) is 6.82. The minimum absolute atomic E-state index is 0.121. The molecule has 0 spiro atoms. The Labute approximate surface area is 127 Å². The van der Waals surface area contributed by atoms with Crippen LogP contribution in [0.3, 0.4) is 0 Å². The number of nitrogens with one attached hydrogen (secondary N) is 1. The Hall–Kier alpha value is -2.05. The quantitative estimate of drug-likeness (QED) is 0.668. The maximum atomic E-state index is 11.4. The fraction of sp³-hybridized carbons (Fsp3) is 0.0714. The molecule has 110 valence electrons. The molecule has 0 heterocycles. The summed E-state index contributed by atoms with van der Waals surface area (Å²) >= 11 is 6.00. The Kier molecular flexibility index (Phi) is 4.20. The van der Waals surface area contributed by atoms with Crippen molar-refractivity contribution in [2.45, 2.75) is 4.90 Å². The van der Waals surface area contributed by atoms with Crippen LogP contribution in [0.1, 0.15) is 5.56 Å². The molecule has 0 aliphatic heterocycles. The van der Waals surface area contributed by atoms with Crippen molar-refractivity contribution in [3.05, 3.63) is 53.1 Å². The van der Waals surface area contributed by atoms with Crippen molar-refractivity contribution in [1.29, 1.82) is 5.41 Å². The number of nitrogens with two attached hydrogens (primary N) is 1. The molecule has 5 nitrogen and oxygen atoms in total. The van der Waals surface area contributed by atoms with Gasteiger partial charge < -0.3 is 10.5 Å². The van der Waals surface area contributed by atoms with Crippen LogP contribution < -0.4 is 10.5 Å². The number of amidine groups is 1. The molecular weight excluding hydrogens is 312 g/mol. The second-order valence-electron chi connectivity index (χ2n) is 4.40. The normalized spacial score (nSPS) is 11.1. The van der Waals surface area contributed by atoms with Gasteiger partial charge in [-0.25, -0.2) is 8.42 Å². The number of hydrogen-bond acceptors (Lipinski definition) is 4. The summed E-state index contributed by atoms with van der Waals surface area (Å²) in [6.45, 7) is 0. The molecule has 0 bridgehead atoms. The minimum Gasteiger partial charge on any atom is -0.457 e. The highest BCUT2D eigenvalue weighted by Crippen LogP contribution is 2.27. The first kappa shape index (κ1) is 15.3. The van der Waals surface area contributed by atoms with Crippen molar-refractivity contribution >= 4 is 27.3 Å². The van der Waals surface area contributed by atoms with Gasteiger partial charge in [0.25, 0.3) is 0 Å². The van der Waals surface area contributed by atoms with Crippen LogP contribution in [0.15, 0.2) is 47.4 Å². The second kappa shape index (κ2) is 5.75. The van der Waals surface area contributed by atoms with Crippen LogP contribution in [-0.2, 0) is 9.84 Å². The Morgan fingerprint density at radius 3 is 2.19 bits per heavy atom. The van der Waals surface area contributed by atoms with Crippen LogP contribution in [0.5, 0.6) is 11.5 Å². The highest BCUT2D eigenvalue weighted by atomic mass is 35.5. The summed E-state index contributed by atoms with van der Waals surface area (Å²) in [5, 5.41) is 7.66. The summed E-state index contributed by atoms with van der Waals surface area (Å²) in [7, 11) is -3.23. The fourth-order valence-corrected chi connectivity index (χ4v) is 2.57. The Balaban J connectivity index is 2.23. The van der Waals surface area contributed by atoms with Crippen LogP contribution in [-0.4, -0.2) is 20.5 Å². The van der Waals surface area contributed by atoms with Crippen LogP contribution >= 0.6 is 11.6 Å². The zero-order chi connectivity index (χ0) is 15.6. The average molecular weight is 325 g/mol. The summed E-state index contributed by atoms with van der Waals surface area (Å²) in [4.78, 5) is 0.222. The Morgan fingerprint density at radius 2 is 1.71 bits per heavy atom. The van der Waals surface area contributed by atoms with Crippen molar-refractivity contribution < 1.29 is 13.2 Å². The van der Waals surface area contributed by atoms with Gasteiger partial charge in [0.1, 0.15) is 17.3 Å². The van der Waals surface area contributed by atoms with E-state index in [0.717, 1.165) is 6.26 Å². The molecule has 0 radical (unpaired) electrons.